The molecule has 0 heterocycles. The summed E-state index contributed by atoms with van der Waals surface area (Å²) in [5, 5.41) is 0. The lowest BCUT2D eigenvalue weighted by Crippen LogP contribution is -2.37. The molecule has 0 saturated heterocycles. The van der Waals surface area contributed by atoms with Gasteiger partial charge in [-0.2, -0.15) is 0 Å². The predicted molar refractivity (Wildman–Crippen MR) is 245 cm³/mol. The van der Waals surface area contributed by atoms with Crippen LogP contribution in [0.2, 0.25) is 0 Å². The van der Waals surface area contributed by atoms with Crippen molar-refractivity contribution < 1.29 is 37.3 Å². The zero-order valence-corrected chi connectivity index (χ0v) is 40.4. The Hall–Kier alpha value is -0.500. The molecule has 0 aromatic carbocycles. The Morgan fingerprint density at radius 3 is 1.14 bits per heavy atom. The zero-order valence-electron chi connectivity index (χ0n) is 39.5. The van der Waals surface area contributed by atoms with E-state index in [0.29, 0.717) is 24.1 Å². The van der Waals surface area contributed by atoms with Gasteiger partial charge in [-0.05, 0) is 12.8 Å². The lowest BCUT2D eigenvalue weighted by atomic mass is 10.0. The van der Waals surface area contributed by atoms with Gasteiger partial charge in [0.25, 0.3) is 7.82 Å². The van der Waals surface area contributed by atoms with Crippen molar-refractivity contribution in [1.29, 1.82) is 0 Å². The number of ether oxygens (including phenoxy) is 2. The second kappa shape index (κ2) is 43.2. The third-order valence-corrected chi connectivity index (χ3v) is 12.4. The Kier molecular flexibility index (Phi) is 42.8. The average molecular weight is 846 g/mol. The number of phosphoric ester groups is 1. The molecular formula is C49H100NO7P. The second-order valence-electron chi connectivity index (χ2n) is 18.5. The Morgan fingerprint density at radius 1 is 0.466 bits per heavy atom. The van der Waals surface area contributed by atoms with E-state index >= 15 is 0 Å². The van der Waals surface area contributed by atoms with Gasteiger partial charge in [-0.1, -0.05) is 232 Å². The van der Waals surface area contributed by atoms with Crippen LogP contribution in [0, 0.1) is 0 Å². The van der Waals surface area contributed by atoms with Crippen molar-refractivity contribution in [2.45, 2.75) is 258 Å². The zero-order chi connectivity index (χ0) is 42.7. The van der Waals surface area contributed by atoms with Crippen LogP contribution in [0.15, 0.2) is 0 Å². The van der Waals surface area contributed by atoms with E-state index in [0.717, 1.165) is 32.1 Å². The molecule has 0 fully saturated rings. The van der Waals surface area contributed by atoms with Gasteiger partial charge in [0.15, 0.2) is 0 Å². The topological polar surface area (TPSA) is 94.1 Å². The maximum atomic E-state index is 12.7. The smallest absolute Gasteiger partial charge is 0.306 e. The van der Waals surface area contributed by atoms with E-state index in [1.54, 1.807) is 0 Å². The first-order valence-electron chi connectivity index (χ1n) is 25.3. The predicted octanol–water partition coefficient (Wildman–Crippen LogP) is 14.6. The molecule has 0 spiro atoms. The van der Waals surface area contributed by atoms with Crippen molar-refractivity contribution >= 4 is 13.8 Å². The summed E-state index contributed by atoms with van der Waals surface area (Å²) in [7, 11) is 1.38. The highest BCUT2D eigenvalue weighted by Crippen LogP contribution is 2.38. The first kappa shape index (κ1) is 57.5. The van der Waals surface area contributed by atoms with Gasteiger partial charge in [0.05, 0.1) is 34.4 Å². The molecule has 0 aromatic rings. The highest BCUT2D eigenvalue weighted by molar-refractivity contribution is 7.45. The Balaban J connectivity index is 4.10. The lowest BCUT2D eigenvalue weighted by molar-refractivity contribution is -0.870. The first-order chi connectivity index (χ1) is 28.1. The third-order valence-electron chi connectivity index (χ3n) is 11.4. The molecule has 0 bridgehead atoms. The number of rotatable bonds is 48. The molecule has 0 rings (SSSR count). The van der Waals surface area contributed by atoms with Gasteiger partial charge in [-0.3, -0.25) is 9.36 Å². The molecule has 0 aliphatic carbocycles. The van der Waals surface area contributed by atoms with Crippen molar-refractivity contribution in [2.24, 2.45) is 0 Å². The number of quaternary nitrogens is 1. The largest absolute Gasteiger partial charge is 0.756 e. The monoisotopic (exact) mass is 846 g/mol. The van der Waals surface area contributed by atoms with Gasteiger partial charge in [0.1, 0.15) is 19.3 Å². The number of esters is 1. The highest BCUT2D eigenvalue weighted by Gasteiger charge is 2.20. The van der Waals surface area contributed by atoms with Gasteiger partial charge < -0.3 is 27.9 Å². The minimum Gasteiger partial charge on any atom is -0.756 e. The molecule has 348 valence electrons. The molecule has 0 aliphatic heterocycles. The molecule has 0 aliphatic rings. The lowest BCUT2D eigenvalue weighted by Gasteiger charge is -2.28. The molecule has 0 saturated carbocycles. The van der Waals surface area contributed by atoms with Crippen molar-refractivity contribution in [3.8, 4) is 0 Å². The fourth-order valence-electron chi connectivity index (χ4n) is 7.49. The fraction of sp³-hybridized carbons (Fsp3) is 0.980. The Morgan fingerprint density at radius 2 is 0.793 bits per heavy atom. The fourth-order valence-corrected chi connectivity index (χ4v) is 8.22. The van der Waals surface area contributed by atoms with Crippen LogP contribution < -0.4 is 4.89 Å². The number of nitrogens with zero attached hydrogens (tertiary/aromatic N) is 1. The molecule has 0 amide bonds. The first-order valence-corrected chi connectivity index (χ1v) is 26.7. The maximum Gasteiger partial charge on any atom is 0.306 e. The number of likely N-dealkylation sites (N-methyl/N-ethyl adjacent to an activating group) is 1. The van der Waals surface area contributed by atoms with Crippen LogP contribution in [-0.4, -0.2) is 70.7 Å². The summed E-state index contributed by atoms with van der Waals surface area (Å²) in [6.45, 7) is 5.49. The maximum absolute atomic E-state index is 12.7. The van der Waals surface area contributed by atoms with Crippen molar-refractivity contribution in [2.75, 3.05) is 54.1 Å². The van der Waals surface area contributed by atoms with Crippen LogP contribution in [-0.2, 0) is 27.9 Å². The van der Waals surface area contributed by atoms with Crippen LogP contribution in [0.25, 0.3) is 0 Å². The molecule has 58 heavy (non-hydrogen) atoms. The average Bonchev–Trinajstić information content (AvgIpc) is 3.18. The van der Waals surface area contributed by atoms with E-state index in [4.69, 9.17) is 18.5 Å². The summed E-state index contributed by atoms with van der Waals surface area (Å²) in [5.74, 6) is -0.325. The summed E-state index contributed by atoms with van der Waals surface area (Å²) in [6.07, 6.45) is 46.9. The number of carbonyl (C=O) groups is 1. The molecule has 2 atom stereocenters. The normalized spacial score (nSPS) is 13.6. The molecule has 0 aromatic heterocycles. The summed E-state index contributed by atoms with van der Waals surface area (Å²) >= 11 is 0. The van der Waals surface area contributed by atoms with E-state index in [-0.39, 0.29) is 25.8 Å². The van der Waals surface area contributed by atoms with E-state index < -0.39 is 13.9 Å². The highest BCUT2D eigenvalue weighted by atomic mass is 31.2. The SMILES string of the molecule is CCCCCCCCCCCCCCCCCCCCOC[C@H](COP(=O)([O-])OCC[N+](C)(C)C)OC(=O)CCCCCCCCCCCCCCCCCCCC. The van der Waals surface area contributed by atoms with E-state index in [1.807, 2.05) is 21.1 Å². The minimum atomic E-state index is -4.52. The van der Waals surface area contributed by atoms with Crippen LogP contribution >= 0.6 is 7.82 Å². The van der Waals surface area contributed by atoms with Gasteiger partial charge in [0, 0.05) is 13.0 Å². The van der Waals surface area contributed by atoms with Gasteiger partial charge in [-0.25, -0.2) is 0 Å². The second-order valence-corrected chi connectivity index (χ2v) is 20.0. The van der Waals surface area contributed by atoms with Crippen molar-refractivity contribution in [1.82, 2.24) is 0 Å². The molecule has 8 nitrogen and oxygen atoms in total. The van der Waals surface area contributed by atoms with Gasteiger partial charge >= 0.3 is 5.97 Å². The number of carbonyl (C=O) groups excluding carboxylic acids is 1. The Bertz CT molecular complexity index is 899. The van der Waals surface area contributed by atoms with Crippen LogP contribution in [0.4, 0.5) is 0 Å². The summed E-state index contributed by atoms with van der Waals surface area (Å²) in [5.41, 5.74) is 0. The molecule has 0 N–H and O–H groups in total. The summed E-state index contributed by atoms with van der Waals surface area (Å²) in [4.78, 5) is 25.1. The van der Waals surface area contributed by atoms with E-state index in [2.05, 4.69) is 13.8 Å². The van der Waals surface area contributed by atoms with Gasteiger partial charge in [0.2, 0.25) is 0 Å². The summed E-state index contributed by atoms with van der Waals surface area (Å²) in [6, 6.07) is 0. The number of hydrogen-bond acceptors (Lipinski definition) is 7. The van der Waals surface area contributed by atoms with Gasteiger partial charge in [-0.15, -0.1) is 0 Å². The molecule has 0 radical (unpaired) electrons. The van der Waals surface area contributed by atoms with Crippen molar-refractivity contribution in [3.63, 3.8) is 0 Å². The molecule has 9 heteroatoms. The van der Waals surface area contributed by atoms with Crippen molar-refractivity contribution in [3.05, 3.63) is 0 Å². The third kappa shape index (κ3) is 46.6. The minimum absolute atomic E-state index is 0.0317. The molecular weight excluding hydrogens is 746 g/mol. The van der Waals surface area contributed by atoms with E-state index in [1.165, 1.54) is 199 Å². The molecule has 1 unspecified atom stereocenters. The summed E-state index contributed by atoms with van der Waals surface area (Å²) < 4.78 is 34.7. The quantitative estimate of drug-likeness (QED) is 0.0260. The van der Waals surface area contributed by atoms with Crippen LogP contribution in [0.1, 0.15) is 251 Å². The standard InChI is InChI=1S/C49H100NO7P/c1-6-8-10-12-14-16-18-20-22-24-26-28-30-32-34-36-38-40-42-49(51)57-48(47-56-58(52,53)55-45-43-50(3,4)5)46-54-44-41-39-37-35-33-31-29-27-25-23-21-19-17-15-13-11-9-7-2/h48H,6-47H2,1-5H3/t48-/m1/s1. The number of unbranched alkanes of at least 4 members (excludes halogenated alkanes) is 34. The Labute approximate surface area is 361 Å². The number of phosphoric acid groups is 1. The van der Waals surface area contributed by atoms with Crippen LogP contribution in [0.5, 0.6) is 0 Å². The van der Waals surface area contributed by atoms with Crippen LogP contribution in [0.3, 0.4) is 0 Å². The van der Waals surface area contributed by atoms with E-state index in [9.17, 15) is 14.3 Å². The number of hydrogen-bond donors (Lipinski definition) is 0.